The molecule has 0 bridgehead atoms. The highest BCUT2D eigenvalue weighted by Gasteiger charge is 2.47. The molecule has 1 atom stereocenters. The molecule has 0 spiro atoms. The molecule has 2 N–H and O–H groups in total. The Morgan fingerprint density at radius 1 is 0.944 bits per heavy atom. The highest BCUT2D eigenvalue weighted by Crippen LogP contribution is 2.44. The van der Waals surface area contributed by atoms with Crippen molar-refractivity contribution in [1.29, 1.82) is 0 Å². The molecular weight excluding hydrogens is 486 g/mol. The highest BCUT2D eigenvalue weighted by molar-refractivity contribution is 6.51. The summed E-state index contributed by atoms with van der Waals surface area (Å²) in [5.74, 6) is -2.65. The summed E-state index contributed by atoms with van der Waals surface area (Å²) in [6.45, 7) is 0. The van der Waals surface area contributed by atoms with E-state index in [2.05, 4.69) is 0 Å². The minimum absolute atomic E-state index is 0.124. The lowest BCUT2D eigenvalue weighted by atomic mass is 9.94. The second-order valence-corrected chi connectivity index (χ2v) is 8.41. The molecule has 1 amide bonds. The number of carboxylic acid groups (broad SMARTS) is 1. The van der Waals surface area contributed by atoms with E-state index in [9.17, 15) is 19.5 Å². The number of ketones is 1. The van der Waals surface area contributed by atoms with Gasteiger partial charge in [-0.25, -0.2) is 0 Å². The van der Waals surface area contributed by atoms with Gasteiger partial charge < -0.3 is 19.7 Å². The molecular formula is C27H22ClNO7. The molecule has 1 fully saturated rings. The monoisotopic (exact) mass is 507 g/mol. The number of methoxy groups -OCH3 is 2. The van der Waals surface area contributed by atoms with E-state index in [0.717, 1.165) is 0 Å². The number of nitrogens with zero attached hydrogens (tertiary/aromatic N) is 1. The molecule has 9 heteroatoms. The highest BCUT2D eigenvalue weighted by atomic mass is 35.5. The minimum Gasteiger partial charge on any atom is -0.507 e. The minimum atomic E-state index is -0.986. The standard InChI is InChI=1S/C27H22ClNO7/c1-35-20-14-21(36-2)19(28)13-18(20)25(32)23-24(16-6-4-3-5-7-16)29(27(34)26(23)33)17-10-8-15(9-11-17)12-22(30)31/h3-11,13-14,24,32H,12H2,1-2H3,(H,30,31)/b25-23+. The number of aliphatic carboxylic acids is 1. The number of carbonyl (C=O) groups excluding carboxylic acids is 2. The number of hydrogen-bond donors (Lipinski definition) is 2. The number of amides is 1. The molecule has 3 aromatic rings. The Labute approximate surface area is 211 Å². The number of rotatable bonds is 7. The first kappa shape index (κ1) is 24.8. The molecule has 184 valence electrons. The second-order valence-electron chi connectivity index (χ2n) is 8.00. The maximum absolute atomic E-state index is 13.3. The molecule has 0 aromatic heterocycles. The molecule has 36 heavy (non-hydrogen) atoms. The van der Waals surface area contributed by atoms with Crippen molar-refractivity contribution in [3.63, 3.8) is 0 Å². The van der Waals surface area contributed by atoms with Crippen LogP contribution in [0.1, 0.15) is 22.7 Å². The van der Waals surface area contributed by atoms with Gasteiger partial charge in [0.15, 0.2) is 0 Å². The molecule has 1 aliphatic rings. The van der Waals surface area contributed by atoms with Crippen LogP contribution in [0.15, 0.2) is 72.3 Å². The van der Waals surface area contributed by atoms with Crippen LogP contribution in [-0.2, 0) is 20.8 Å². The van der Waals surface area contributed by atoms with Crippen molar-refractivity contribution in [1.82, 2.24) is 0 Å². The van der Waals surface area contributed by atoms with Gasteiger partial charge >= 0.3 is 5.97 Å². The predicted molar refractivity (Wildman–Crippen MR) is 134 cm³/mol. The number of Topliss-reactive ketones (excluding diaryl/α,β-unsaturated/α-hetero) is 1. The lowest BCUT2D eigenvalue weighted by Crippen LogP contribution is -2.29. The summed E-state index contributed by atoms with van der Waals surface area (Å²) in [6, 6.07) is 17.0. The van der Waals surface area contributed by atoms with Crippen molar-refractivity contribution in [3.05, 3.63) is 94.0 Å². The maximum Gasteiger partial charge on any atom is 0.307 e. The Morgan fingerprint density at radius 2 is 1.58 bits per heavy atom. The number of aliphatic hydroxyl groups excluding tert-OH is 1. The third-order valence-corrected chi connectivity index (χ3v) is 6.15. The summed E-state index contributed by atoms with van der Waals surface area (Å²) in [6.07, 6.45) is -0.181. The molecule has 1 aliphatic heterocycles. The van der Waals surface area contributed by atoms with Gasteiger partial charge in [-0.3, -0.25) is 19.3 Å². The number of aliphatic hydroxyl groups is 1. The average molecular weight is 508 g/mol. The summed E-state index contributed by atoms with van der Waals surface area (Å²) in [7, 11) is 2.83. The van der Waals surface area contributed by atoms with Crippen LogP contribution >= 0.6 is 11.6 Å². The first-order chi connectivity index (χ1) is 17.3. The van der Waals surface area contributed by atoms with Crippen molar-refractivity contribution in [2.45, 2.75) is 12.5 Å². The number of hydrogen-bond acceptors (Lipinski definition) is 6. The molecule has 0 aliphatic carbocycles. The van der Waals surface area contributed by atoms with Gasteiger partial charge in [0.05, 0.1) is 42.8 Å². The van der Waals surface area contributed by atoms with Crippen LogP contribution in [0.25, 0.3) is 5.76 Å². The normalized spacial score (nSPS) is 16.8. The van der Waals surface area contributed by atoms with Crippen LogP contribution < -0.4 is 14.4 Å². The summed E-state index contributed by atoms with van der Waals surface area (Å²) in [5, 5.41) is 20.6. The third kappa shape index (κ3) is 4.50. The Balaban J connectivity index is 1.91. The molecule has 0 radical (unpaired) electrons. The summed E-state index contributed by atoms with van der Waals surface area (Å²) in [5.41, 5.74) is 1.49. The largest absolute Gasteiger partial charge is 0.507 e. The van der Waals surface area contributed by atoms with E-state index in [-0.39, 0.29) is 28.3 Å². The van der Waals surface area contributed by atoms with Gasteiger partial charge in [-0.05, 0) is 29.3 Å². The number of benzene rings is 3. The zero-order chi connectivity index (χ0) is 26.0. The fraction of sp³-hybridized carbons (Fsp3) is 0.148. The van der Waals surface area contributed by atoms with E-state index in [1.165, 1.54) is 31.3 Å². The van der Waals surface area contributed by atoms with Crippen molar-refractivity contribution < 1.29 is 34.1 Å². The topological polar surface area (TPSA) is 113 Å². The van der Waals surface area contributed by atoms with E-state index in [1.807, 2.05) is 0 Å². The van der Waals surface area contributed by atoms with Crippen LogP contribution in [0.4, 0.5) is 5.69 Å². The Morgan fingerprint density at radius 3 is 2.17 bits per heavy atom. The van der Waals surface area contributed by atoms with Crippen molar-refractivity contribution in [3.8, 4) is 11.5 Å². The van der Waals surface area contributed by atoms with Crippen LogP contribution in [-0.4, -0.2) is 42.1 Å². The van der Waals surface area contributed by atoms with E-state index in [1.54, 1.807) is 54.6 Å². The molecule has 0 saturated carbocycles. The van der Waals surface area contributed by atoms with Gasteiger partial charge in [-0.2, -0.15) is 0 Å². The van der Waals surface area contributed by atoms with E-state index in [4.69, 9.17) is 26.2 Å². The Kier molecular flexibility index (Phi) is 6.98. The number of halogens is 1. The lowest BCUT2D eigenvalue weighted by molar-refractivity contribution is -0.136. The van der Waals surface area contributed by atoms with E-state index in [0.29, 0.717) is 22.6 Å². The van der Waals surface area contributed by atoms with Gasteiger partial charge in [0, 0.05) is 11.8 Å². The van der Waals surface area contributed by atoms with Crippen molar-refractivity contribution in [2.24, 2.45) is 0 Å². The summed E-state index contributed by atoms with van der Waals surface area (Å²) < 4.78 is 10.6. The molecule has 1 unspecified atom stereocenters. The molecule has 8 nitrogen and oxygen atoms in total. The zero-order valence-corrected chi connectivity index (χ0v) is 20.2. The quantitative estimate of drug-likeness (QED) is 0.273. The maximum atomic E-state index is 13.3. The van der Waals surface area contributed by atoms with Crippen LogP contribution in [0.2, 0.25) is 5.02 Å². The van der Waals surface area contributed by atoms with Crippen molar-refractivity contribution >= 4 is 40.7 Å². The Bertz CT molecular complexity index is 1370. The number of ether oxygens (including phenoxy) is 2. The SMILES string of the molecule is COc1cc(OC)c(/C(O)=C2\C(=O)C(=O)N(c3ccc(CC(=O)O)cc3)C2c2ccccc2)cc1Cl. The van der Waals surface area contributed by atoms with Crippen molar-refractivity contribution in [2.75, 3.05) is 19.1 Å². The predicted octanol–water partition coefficient (Wildman–Crippen LogP) is 4.61. The van der Waals surface area contributed by atoms with Crippen LogP contribution in [0, 0.1) is 0 Å². The van der Waals surface area contributed by atoms with Crippen LogP contribution in [0.3, 0.4) is 0 Å². The zero-order valence-electron chi connectivity index (χ0n) is 19.4. The smallest absolute Gasteiger partial charge is 0.307 e. The fourth-order valence-corrected chi connectivity index (χ4v) is 4.43. The van der Waals surface area contributed by atoms with E-state index < -0.39 is 29.5 Å². The average Bonchev–Trinajstić information content (AvgIpc) is 3.14. The van der Waals surface area contributed by atoms with Gasteiger partial charge in [-0.1, -0.05) is 54.1 Å². The summed E-state index contributed by atoms with van der Waals surface area (Å²) >= 11 is 6.28. The molecule has 1 heterocycles. The van der Waals surface area contributed by atoms with Gasteiger partial charge in [-0.15, -0.1) is 0 Å². The van der Waals surface area contributed by atoms with Gasteiger partial charge in [0.25, 0.3) is 11.7 Å². The third-order valence-electron chi connectivity index (χ3n) is 5.86. The second kappa shape index (κ2) is 10.1. The van der Waals surface area contributed by atoms with Gasteiger partial charge in [0.2, 0.25) is 0 Å². The molecule has 1 saturated heterocycles. The molecule has 4 rings (SSSR count). The van der Waals surface area contributed by atoms with E-state index >= 15 is 0 Å². The molecule has 3 aromatic carbocycles. The number of carboxylic acids is 1. The lowest BCUT2D eigenvalue weighted by Gasteiger charge is -2.25. The Hall–Kier alpha value is -4.30. The van der Waals surface area contributed by atoms with Gasteiger partial charge in [0.1, 0.15) is 17.3 Å². The number of anilines is 1. The fourth-order valence-electron chi connectivity index (χ4n) is 4.19. The first-order valence-electron chi connectivity index (χ1n) is 10.8. The number of carbonyl (C=O) groups is 3. The first-order valence-corrected chi connectivity index (χ1v) is 11.2. The van der Waals surface area contributed by atoms with Crippen LogP contribution in [0.5, 0.6) is 11.5 Å². The summed E-state index contributed by atoms with van der Waals surface area (Å²) in [4.78, 5) is 38.9.